The molecule has 2 N–H and O–H groups in total. The predicted octanol–water partition coefficient (Wildman–Crippen LogP) is 3.77. The van der Waals surface area contributed by atoms with Gasteiger partial charge in [0.15, 0.2) is 5.82 Å². The highest BCUT2D eigenvalue weighted by molar-refractivity contribution is 9.10. The van der Waals surface area contributed by atoms with Crippen LogP contribution >= 0.6 is 27.7 Å². The standard InChI is InChI=1S/C14H11BrN4OS/c15-10-3-1-2-4-12(10)21-8-13-18-14(20-19-13)11-6-5-9(16)7-17-11/h1-7H,8,16H2. The molecule has 21 heavy (non-hydrogen) atoms. The van der Waals surface area contributed by atoms with Crippen molar-refractivity contribution in [3.05, 3.63) is 52.9 Å². The van der Waals surface area contributed by atoms with Crippen LogP contribution in [0.1, 0.15) is 5.82 Å². The van der Waals surface area contributed by atoms with E-state index in [9.17, 15) is 0 Å². The summed E-state index contributed by atoms with van der Waals surface area (Å²) in [6.07, 6.45) is 1.56. The lowest BCUT2D eigenvalue weighted by Gasteiger charge is -2.00. The number of hydrogen-bond acceptors (Lipinski definition) is 6. The van der Waals surface area contributed by atoms with Crippen LogP contribution in [0.25, 0.3) is 11.6 Å². The van der Waals surface area contributed by atoms with Crippen LogP contribution in [-0.2, 0) is 5.75 Å². The van der Waals surface area contributed by atoms with Crippen LogP contribution in [0, 0.1) is 0 Å². The lowest BCUT2D eigenvalue weighted by atomic mass is 10.3. The van der Waals surface area contributed by atoms with E-state index in [1.807, 2.05) is 24.3 Å². The Morgan fingerprint density at radius 1 is 1.19 bits per heavy atom. The molecule has 0 bridgehead atoms. The largest absolute Gasteiger partial charge is 0.397 e. The van der Waals surface area contributed by atoms with Gasteiger partial charge in [-0.1, -0.05) is 17.3 Å². The van der Waals surface area contributed by atoms with Crippen molar-refractivity contribution >= 4 is 33.4 Å². The molecule has 0 radical (unpaired) electrons. The van der Waals surface area contributed by atoms with Crippen molar-refractivity contribution < 1.29 is 4.52 Å². The summed E-state index contributed by atoms with van der Waals surface area (Å²) in [6.45, 7) is 0. The Labute approximate surface area is 134 Å². The van der Waals surface area contributed by atoms with Crippen LogP contribution in [-0.4, -0.2) is 15.1 Å². The first-order valence-electron chi connectivity index (χ1n) is 6.14. The minimum absolute atomic E-state index is 0.401. The molecule has 0 aliphatic carbocycles. The SMILES string of the molecule is Nc1ccc(-c2nc(CSc3ccccc3Br)no2)nc1. The summed E-state index contributed by atoms with van der Waals surface area (Å²) in [7, 11) is 0. The number of benzene rings is 1. The first-order valence-corrected chi connectivity index (χ1v) is 7.92. The fraction of sp³-hybridized carbons (Fsp3) is 0.0714. The highest BCUT2D eigenvalue weighted by Crippen LogP contribution is 2.29. The fourth-order valence-corrected chi connectivity index (χ4v) is 3.06. The zero-order valence-electron chi connectivity index (χ0n) is 10.9. The topological polar surface area (TPSA) is 77.8 Å². The number of anilines is 1. The average Bonchev–Trinajstić information content (AvgIpc) is 2.96. The summed E-state index contributed by atoms with van der Waals surface area (Å²) in [5.74, 6) is 1.66. The van der Waals surface area contributed by atoms with Crippen LogP contribution in [0.5, 0.6) is 0 Å². The predicted molar refractivity (Wildman–Crippen MR) is 85.6 cm³/mol. The Morgan fingerprint density at radius 2 is 2.05 bits per heavy atom. The van der Waals surface area contributed by atoms with Crippen LogP contribution in [0.2, 0.25) is 0 Å². The molecule has 0 spiro atoms. The number of aromatic nitrogens is 3. The van der Waals surface area contributed by atoms with E-state index in [4.69, 9.17) is 10.3 Å². The monoisotopic (exact) mass is 362 g/mol. The minimum atomic E-state index is 0.401. The lowest BCUT2D eigenvalue weighted by molar-refractivity contribution is 0.424. The first kappa shape index (κ1) is 14.1. The highest BCUT2D eigenvalue weighted by Gasteiger charge is 2.10. The van der Waals surface area contributed by atoms with E-state index >= 15 is 0 Å². The lowest BCUT2D eigenvalue weighted by Crippen LogP contribution is -1.89. The summed E-state index contributed by atoms with van der Waals surface area (Å²) >= 11 is 5.15. The van der Waals surface area contributed by atoms with Gasteiger partial charge in [-0.15, -0.1) is 11.8 Å². The van der Waals surface area contributed by atoms with Gasteiger partial charge >= 0.3 is 0 Å². The van der Waals surface area contributed by atoms with Gasteiger partial charge in [0.2, 0.25) is 0 Å². The van der Waals surface area contributed by atoms with Crippen LogP contribution in [0.15, 0.2) is 56.5 Å². The molecule has 2 aromatic heterocycles. The number of pyridine rings is 1. The molecule has 0 atom stereocenters. The maximum absolute atomic E-state index is 5.60. The minimum Gasteiger partial charge on any atom is -0.397 e. The molecule has 3 rings (SSSR count). The normalized spacial score (nSPS) is 10.7. The Bertz CT molecular complexity index is 745. The van der Waals surface area contributed by atoms with E-state index in [0.29, 0.717) is 28.8 Å². The number of halogens is 1. The smallest absolute Gasteiger partial charge is 0.276 e. The third-order valence-electron chi connectivity index (χ3n) is 2.67. The van der Waals surface area contributed by atoms with E-state index in [-0.39, 0.29) is 0 Å². The summed E-state index contributed by atoms with van der Waals surface area (Å²) in [5.41, 5.74) is 6.82. The van der Waals surface area contributed by atoms with Crippen molar-refractivity contribution in [3.8, 4) is 11.6 Å². The van der Waals surface area contributed by atoms with Crippen molar-refractivity contribution in [1.82, 2.24) is 15.1 Å². The third-order valence-corrected chi connectivity index (χ3v) is 4.69. The average molecular weight is 363 g/mol. The van der Waals surface area contributed by atoms with Gasteiger partial charge in [0.05, 0.1) is 17.6 Å². The number of thioether (sulfide) groups is 1. The number of nitrogen functional groups attached to an aromatic ring is 1. The Hall–Kier alpha value is -1.86. The molecule has 0 aliphatic heterocycles. The molecule has 1 aromatic carbocycles. The second-order valence-corrected chi connectivity index (χ2v) is 6.08. The van der Waals surface area contributed by atoms with Gasteiger partial charge in [0, 0.05) is 9.37 Å². The molecule has 0 amide bonds. The van der Waals surface area contributed by atoms with Crippen molar-refractivity contribution in [2.24, 2.45) is 0 Å². The van der Waals surface area contributed by atoms with Gasteiger partial charge in [-0.05, 0) is 40.2 Å². The summed E-state index contributed by atoms with van der Waals surface area (Å²) < 4.78 is 6.27. The summed E-state index contributed by atoms with van der Waals surface area (Å²) in [5, 5.41) is 3.97. The molecular weight excluding hydrogens is 352 g/mol. The summed E-state index contributed by atoms with van der Waals surface area (Å²) in [6, 6.07) is 11.5. The molecule has 0 fully saturated rings. The van der Waals surface area contributed by atoms with Crippen LogP contribution in [0.3, 0.4) is 0 Å². The zero-order valence-corrected chi connectivity index (χ0v) is 13.3. The number of nitrogens with zero attached hydrogens (tertiary/aromatic N) is 3. The van der Waals surface area contributed by atoms with Gasteiger partial charge in [-0.25, -0.2) is 4.98 Å². The van der Waals surface area contributed by atoms with Gasteiger partial charge < -0.3 is 10.3 Å². The Morgan fingerprint density at radius 3 is 2.81 bits per heavy atom. The first-order chi connectivity index (χ1) is 10.2. The quantitative estimate of drug-likeness (QED) is 0.711. The summed E-state index contributed by atoms with van der Waals surface area (Å²) in [4.78, 5) is 9.63. The van der Waals surface area contributed by atoms with Gasteiger partial charge in [-0.3, -0.25) is 0 Å². The zero-order chi connectivity index (χ0) is 14.7. The van der Waals surface area contributed by atoms with E-state index in [1.165, 1.54) is 0 Å². The molecule has 0 saturated heterocycles. The molecule has 106 valence electrons. The van der Waals surface area contributed by atoms with E-state index < -0.39 is 0 Å². The van der Waals surface area contributed by atoms with Crippen LogP contribution in [0.4, 0.5) is 5.69 Å². The van der Waals surface area contributed by atoms with Crippen molar-refractivity contribution in [1.29, 1.82) is 0 Å². The van der Waals surface area contributed by atoms with Crippen molar-refractivity contribution in [2.75, 3.05) is 5.73 Å². The molecule has 0 unspecified atom stereocenters. The highest BCUT2D eigenvalue weighted by atomic mass is 79.9. The molecule has 3 aromatic rings. The molecule has 5 nitrogen and oxygen atoms in total. The molecular formula is C14H11BrN4OS. The Balaban J connectivity index is 1.71. The maximum Gasteiger partial charge on any atom is 0.276 e. The molecule has 2 heterocycles. The van der Waals surface area contributed by atoms with Crippen molar-refractivity contribution in [3.63, 3.8) is 0 Å². The van der Waals surface area contributed by atoms with Gasteiger partial charge in [0.25, 0.3) is 5.89 Å². The maximum atomic E-state index is 5.60. The van der Waals surface area contributed by atoms with E-state index in [1.54, 1.807) is 30.1 Å². The number of rotatable bonds is 4. The van der Waals surface area contributed by atoms with Gasteiger partial charge in [-0.2, -0.15) is 4.98 Å². The number of nitrogens with two attached hydrogens (primary N) is 1. The van der Waals surface area contributed by atoms with E-state index in [0.717, 1.165) is 9.37 Å². The van der Waals surface area contributed by atoms with Gasteiger partial charge in [0.1, 0.15) is 5.69 Å². The van der Waals surface area contributed by atoms with Crippen LogP contribution < -0.4 is 5.73 Å². The Kier molecular flexibility index (Phi) is 4.21. The van der Waals surface area contributed by atoms with Crippen molar-refractivity contribution in [2.45, 2.75) is 10.6 Å². The number of hydrogen-bond donors (Lipinski definition) is 1. The molecule has 7 heteroatoms. The fourth-order valence-electron chi connectivity index (χ4n) is 1.65. The second kappa shape index (κ2) is 6.28. The van der Waals surface area contributed by atoms with E-state index in [2.05, 4.69) is 31.1 Å². The third kappa shape index (κ3) is 3.43. The molecule has 0 saturated carbocycles. The molecule has 0 aliphatic rings. The second-order valence-electron chi connectivity index (χ2n) is 4.21.